The van der Waals surface area contributed by atoms with Crippen molar-refractivity contribution in [2.75, 3.05) is 0 Å². The van der Waals surface area contributed by atoms with E-state index >= 15 is 0 Å². The first-order valence-electron chi connectivity index (χ1n) is 10.9. The molecule has 6 rings (SSSR count). The Morgan fingerprint density at radius 1 is 1.03 bits per heavy atom. The van der Waals surface area contributed by atoms with Gasteiger partial charge in [-0.2, -0.15) is 0 Å². The molecular formula is C25H24O8. The van der Waals surface area contributed by atoms with Gasteiger partial charge in [0.05, 0.1) is 22.8 Å². The molecule has 3 aromatic rings. The highest BCUT2D eigenvalue weighted by Crippen LogP contribution is 2.59. The van der Waals surface area contributed by atoms with Crippen LogP contribution in [0, 0.1) is 0 Å². The van der Waals surface area contributed by atoms with Crippen molar-refractivity contribution < 1.29 is 33.9 Å². The third-order valence-electron chi connectivity index (χ3n) is 6.95. The topological polar surface area (TPSA) is 125 Å². The molecule has 8 heteroatoms. The van der Waals surface area contributed by atoms with Gasteiger partial charge in [0.25, 0.3) is 0 Å². The lowest BCUT2D eigenvalue weighted by Crippen LogP contribution is -2.38. The highest BCUT2D eigenvalue weighted by atomic mass is 16.6. The lowest BCUT2D eigenvalue weighted by molar-refractivity contribution is 0.0710. The van der Waals surface area contributed by atoms with Gasteiger partial charge in [-0.3, -0.25) is 4.79 Å². The Bertz CT molecular complexity index is 1400. The smallest absolute Gasteiger partial charge is 0.204 e. The minimum Gasteiger partial charge on any atom is -0.507 e. The van der Waals surface area contributed by atoms with Crippen molar-refractivity contribution >= 4 is 11.0 Å². The van der Waals surface area contributed by atoms with Crippen molar-refractivity contribution in [2.45, 2.75) is 63.6 Å². The number of hydrogen-bond donors (Lipinski definition) is 3. The van der Waals surface area contributed by atoms with Crippen molar-refractivity contribution in [3.05, 3.63) is 45.8 Å². The number of aromatic hydroxyl groups is 3. The Labute approximate surface area is 188 Å². The van der Waals surface area contributed by atoms with Gasteiger partial charge in [0.1, 0.15) is 41.0 Å². The molecule has 0 spiro atoms. The van der Waals surface area contributed by atoms with Gasteiger partial charge in [0.2, 0.25) is 5.43 Å². The minimum atomic E-state index is -0.601. The van der Waals surface area contributed by atoms with Crippen LogP contribution in [0.15, 0.2) is 33.7 Å². The minimum absolute atomic E-state index is 0.0322. The molecule has 3 unspecified atom stereocenters. The maximum absolute atomic E-state index is 13.6. The Hall–Kier alpha value is -3.23. The van der Waals surface area contributed by atoms with E-state index in [9.17, 15) is 20.1 Å². The largest absolute Gasteiger partial charge is 0.507 e. The molecule has 0 amide bonds. The first-order valence-corrected chi connectivity index (χ1v) is 10.9. The van der Waals surface area contributed by atoms with Crippen LogP contribution in [-0.4, -0.2) is 38.7 Å². The second kappa shape index (κ2) is 6.21. The van der Waals surface area contributed by atoms with Gasteiger partial charge in [-0.25, -0.2) is 0 Å². The second-order valence-corrected chi connectivity index (χ2v) is 10.1. The lowest BCUT2D eigenvalue weighted by atomic mass is 9.88. The summed E-state index contributed by atoms with van der Waals surface area (Å²) in [4.78, 5) is 13.6. The molecule has 2 saturated heterocycles. The van der Waals surface area contributed by atoms with Crippen LogP contribution < -0.4 is 10.2 Å². The molecule has 3 aliphatic rings. The summed E-state index contributed by atoms with van der Waals surface area (Å²) in [6, 6.07) is 4.06. The molecule has 0 aliphatic carbocycles. The fourth-order valence-corrected chi connectivity index (χ4v) is 4.85. The third kappa shape index (κ3) is 2.87. The fourth-order valence-electron chi connectivity index (χ4n) is 4.85. The fraction of sp³-hybridized carbons (Fsp3) is 0.400. The number of phenols is 3. The van der Waals surface area contributed by atoms with Crippen LogP contribution in [0.3, 0.4) is 0 Å². The van der Waals surface area contributed by atoms with E-state index in [1.807, 2.05) is 27.7 Å². The Balaban J connectivity index is 1.61. The zero-order valence-electron chi connectivity index (χ0n) is 18.6. The molecule has 2 aromatic carbocycles. The lowest BCUT2D eigenvalue weighted by Gasteiger charge is -2.31. The summed E-state index contributed by atoms with van der Waals surface area (Å²) in [6.45, 7) is 7.80. The van der Waals surface area contributed by atoms with Crippen LogP contribution in [0.2, 0.25) is 0 Å². The van der Waals surface area contributed by atoms with E-state index in [0.29, 0.717) is 28.9 Å². The molecule has 1 aromatic heterocycles. The zero-order valence-corrected chi connectivity index (χ0v) is 18.6. The number of phenolic OH excluding ortho intramolecular Hbond substituents is 3. The SMILES string of the molecule is CC1(C)OC1Cc1c2c(c3occ(-c4ccc(O)c(O)c4)c(=O)c3c1O)C1OC1C(C)(C)O2. The average molecular weight is 452 g/mol. The first-order chi connectivity index (χ1) is 15.5. The molecule has 0 bridgehead atoms. The average Bonchev–Trinajstić information content (AvgIpc) is 3.63. The maximum Gasteiger partial charge on any atom is 0.204 e. The molecule has 0 saturated carbocycles. The summed E-state index contributed by atoms with van der Waals surface area (Å²) < 4.78 is 23.9. The molecule has 2 fully saturated rings. The van der Waals surface area contributed by atoms with Crippen molar-refractivity contribution in [1.82, 2.24) is 0 Å². The van der Waals surface area contributed by atoms with Gasteiger partial charge in [0.15, 0.2) is 17.1 Å². The van der Waals surface area contributed by atoms with E-state index in [4.69, 9.17) is 18.6 Å². The maximum atomic E-state index is 13.6. The van der Waals surface area contributed by atoms with Crippen LogP contribution >= 0.6 is 0 Å². The molecule has 33 heavy (non-hydrogen) atoms. The summed E-state index contributed by atoms with van der Waals surface area (Å²) in [6.07, 6.45) is 1.05. The summed E-state index contributed by atoms with van der Waals surface area (Å²) >= 11 is 0. The van der Waals surface area contributed by atoms with Gasteiger partial charge in [-0.1, -0.05) is 6.07 Å². The Morgan fingerprint density at radius 2 is 1.76 bits per heavy atom. The standard InChI is InChI=1S/C25H24O8/c1-24(2)15(32-24)8-11-18(28)16-19(29)12(10-5-6-13(26)14(27)7-10)9-30-21(16)17-20(11)33-25(3,4)23-22(17)31-23/h5-7,9,15,22-23,26-28H,8H2,1-4H3. The molecule has 8 nitrogen and oxygen atoms in total. The van der Waals surface area contributed by atoms with Crippen LogP contribution in [0.5, 0.6) is 23.0 Å². The summed E-state index contributed by atoms with van der Waals surface area (Å²) in [5.41, 5.74) is 0.453. The van der Waals surface area contributed by atoms with Gasteiger partial charge >= 0.3 is 0 Å². The van der Waals surface area contributed by atoms with Crippen LogP contribution in [0.1, 0.15) is 44.9 Å². The summed E-state index contributed by atoms with van der Waals surface area (Å²) in [7, 11) is 0. The molecule has 172 valence electrons. The van der Waals surface area contributed by atoms with Crippen molar-refractivity contribution in [3.8, 4) is 34.1 Å². The van der Waals surface area contributed by atoms with Gasteiger partial charge in [-0.05, 0) is 45.4 Å². The third-order valence-corrected chi connectivity index (χ3v) is 6.95. The van der Waals surface area contributed by atoms with Crippen molar-refractivity contribution in [1.29, 1.82) is 0 Å². The van der Waals surface area contributed by atoms with Gasteiger partial charge in [0, 0.05) is 12.0 Å². The number of epoxide rings is 2. The van der Waals surface area contributed by atoms with E-state index in [1.165, 1.54) is 24.5 Å². The summed E-state index contributed by atoms with van der Waals surface area (Å²) in [5, 5.41) is 30.9. The highest BCUT2D eigenvalue weighted by molar-refractivity contribution is 5.93. The first kappa shape index (κ1) is 20.4. The molecule has 3 N–H and O–H groups in total. The second-order valence-electron chi connectivity index (χ2n) is 10.1. The monoisotopic (exact) mass is 452 g/mol. The molecular weight excluding hydrogens is 428 g/mol. The molecule has 0 radical (unpaired) electrons. The highest BCUT2D eigenvalue weighted by Gasteiger charge is 2.59. The zero-order chi connectivity index (χ0) is 23.4. The quantitative estimate of drug-likeness (QED) is 0.404. The number of fused-ring (bicyclic) bond motifs is 5. The van der Waals surface area contributed by atoms with E-state index < -0.39 is 11.0 Å². The number of benzene rings is 2. The molecule has 3 aliphatic heterocycles. The molecule has 3 atom stereocenters. The van der Waals surface area contributed by atoms with Crippen molar-refractivity contribution in [2.24, 2.45) is 0 Å². The van der Waals surface area contributed by atoms with E-state index in [2.05, 4.69) is 0 Å². The summed E-state index contributed by atoms with van der Waals surface area (Å²) in [5.74, 6) is -0.385. The van der Waals surface area contributed by atoms with Crippen molar-refractivity contribution in [3.63, 3.8) is 0 Å². The van der Waals surface area contributed by atoms with Crippen LogP contribution in [0.25, 0.3) is 22.1 Å². The Kier molecular flexibility index (Phi) is 3.84. The predicted molar refractivity (Wildman–Crippen MR) is 118 cm³/mol. The normalized spacial score (nSPS) is 25.8. The molecule has 4 heterocycles. The van der Waals surface area contributed by atoms with Gasteiger partial charge in [-0.15, -0.1) is 0 Å². The van der Waals surface area contributed by atoms with Crippen LogP contribution in [0.4, 0.5) is 0 Å². The van der Waals surface area contributed by atoms with Gasteiger partial charge < -0.3 is 33.9 Å². The van der Waals surface area contributed by atoms with E-state index in [1.54, 1.807) is 0 Å². The predicted octanol–water partition coefficient (Wildman–Crippen LogP) is 3.91. The number of hydrogen-bond acceptors (Lipinski definition) is 8. The Morgan fingerprint density at radius 3 is 2.42 bits per heavy atom. The van der Waals surface area contributed by atoms with Crippen LogP contribution in [-0.2, 0) is 15.9 Å². The number of ether oxygens (including phenoxy) is 3. The van der Waals surface area contributed by atoms with E-state index in [0.717, 1.165) is 0 Å². The van der Waals surface area contributed by atoms with E-state index in [-0.39, 0.29) is 57.7 Å². The number of rotatable bonds is 3.